The van der Waals surface area contributed by atoms with E-state index in [2.05, 4.69) is 43.5 Å². The van der Waals surface area contributed by atoms with Crippen LogP contribution >= 0.6 is 0 Å². The fourth-order valence-corrected chi connectivity index (χ4v) is 4.47. The average molecular weight is 393 g/mol. The van der Waals surface area contributed by atoms with Crippen LogP contribution in [0.25, 0.3) is 0 Å². The van der Waals surface area contributed by atoms with Crippen molar-refractivity contribution in [2.24, 2.45) is 5.92 Å². The molecule has 6 nitrogen and oxygen atoms in total. The number of carbonyl (C=O) groups is 1. The Balaban J connectivity index is 1.88. The van der Waals surface area contributed by atoms with E-state index in [1.165, 1.54) is 15.4 Å². The quantitative estimate of drug-likeness (QED) is 0.801. The van der Waals surface area contributed by atoms with Crippen molar-refractivity contribution in [3.05, 3.63) is 66.0 Å². The SMILES string of the molecule is C=C1N(C)C(=O)/C(=C\C=C\C(C#N)C2N(C)c3ccccc3C2(C)C)C(O)N1C. The molecule has 1 N–H and O–H groups in total. The number of carbonyl (C=O) groups excluding carboxylic acids is 1. The number of likely N-dealkylation sites (N-methyl/N-ethyl adjacent to an activating group) is 3. The largest absolute Gasteiger partial charge is 0.369 e. The maximum absolute atomic E-state index is 12.5. The number of rotatable bonds is 3. The number of nitrogens with zero attached hydrogens (tertiary/aromatic N) is 4. The van der Waals surface area contributed by atoms with E-state index in [4.69, 9.17) is 0 Å². The topological polar surface area (TPSA) is 70.8 Å². The van der Waals surface area contributed by atoms with Gasteiger partial charge < -0.3 is 14.9 Å². The van der Waals surface area contributed by atoms with E-state index in [1.807, 2.05) is 25.3 Å². The second-order valence-electron chi connectivity index (χ2n) is 8.22. The summed E-state index contributed by atoms with van der Waals surface area (Å²) in [4.78, 5) is 17.6. The van der Waals surface area contributed by atoms with Gasteiger partial charge >= 0.3 is 0 Å². The van der Waals surface area contributed by atoms with E-state index in [0.717, 1.165) is 5.69 Å². The van der Waals surface area contributed by atoms with Gasteiger partial charge in [-0.3, -0.25) is 9.69 Å². The number of allylic oxidation sites excluding steroid dienone is 2. The predicted octanol–water partition coefficient (Wildman–Crippen LogP) is 2.60. The zero-order chi connectivity index (χ0) is 21.5. The lowest BCUT2D eigenvalue weighted by molar-refractivity contribution is -0.131. The van der Waals surface area contributed by atoms with Gasteiger partial charge in [-0.1, -0.05) is 50.8 Å². The van der Waals surface area contributed by atoms with Gasteiger partial charge in [0.25, 0.3) is 5.91 Å². The van der Waals surface area contributed by atoms with E-state index >= 15 is 0 Å². The number of hydrogen-bond donors (Lipinski definition) is 1. The van der Waals surface area contributed by atoms with Crippen molar-refractivity contribution in [1.82, 2.24) is 9.80 Å². The summed E-state index contributed by atoms with van der Waals surface area (Å²) in [6.07, 6.45) is 4.04. The third-order valence-electron chi connectivity index (χ3n) is 6.21. The van der Waals surface area contributed by atoms with Crippen molar-refractivity contribution in [2.75, 3.05) is 26.0 Å². The molecule has 0 saturated carbocycles. The molecule has 0 spiro atoms. The van der Waals surface area contributed by atoms with Crippen molar-refractivity contribution >= 4 is 11.6 Å². The Kier molecular flexibility index (Phi) is 5.29. The summed E-state index contributed by atoms with van der Waals surface area (Å²) in [5.41, 5.74) is 2.40. The first-order valence-electron chi connectivity index (χ1n) is 9.61. The van der Waals surface area contributed by atoms with Crippen molar-refractivity contribution in [1.29, 1.82) is 5.26 Å². The predicted molar refractivity (Wildman–Crippen MR) is 114 cm³/mol. The maximum atomic E-state index is 12.5. The molecule has 3 unspecified atom stereocenters. The van der Waals surface area contributed by atoms with Crippen LogP contribution in [-0.4, -0.2) is 54.2 Å². The van der Waals surface area contributed by atoms with E-state index in [-0.39, 0.29) is 28.9 Å². The first-order valence-corrected chi connectivity index (χ1v) is 9.61. The molecule has 1 aromatic rings. The second-order valence-corrected chi connectivity index (χ2v) is 8.22. The highest BCUT2D eigenvalue weighted by molar-refractivity contribution is 5.96. The standard InChI is InChI=1S/C23H28N4O2/c1-15-25(4)21(28)17(22(29)26(15)5)11-9-10-16(14-24)20-23(2,3)18-12-7-8-13-19(18)27(20)6/h7-13,16,20-21,28H,1H2,2-6H3/b10-9+,17-11-. The number of hydrogen-bond acceptors (Lipinski definition) is 5. The van der Waals surface area contributed by atoms with Crippen LogP contribution in [0.2, 0.25) is 0 Å². The van der Waals surface area contributed by atoms with E-state index in [0.29, 0.717) is 5.82 Å². The summed E-state index contributed by atoms with van der Waals surface area (Å²) in [6.45, 7) is 8.11. The molecule has 0 aromatic heterocycles. The fourth-order valence-electron chi connectivity index (χ4n) is 4.47. The number of para-hydroxylation sites is 1. The summed E-state index contributed by atoms with van der Waals surface area (Å²) >= 11 is 0. The van der Waals surface area contributed by atoms with Gasteiger partial charge in [0.2, 0.25) is 0 Å². The molecule has 1 fully saturated rings. The van der Waals surface area contributed by atoms with Gasteiger partial charge in [0.15, 0.2) is 6.23 Å². The molecule has 1 amide bonds. The summed E-state index contributed by atoms with van der Waals surface area (Å²) in [7, 11) is 5.31. The van der Waals surface area contributed by atoms with Crippen molar-refractivity contribution in [2.45, 2.75) is 31.5 Å². The highest BCUT2D eigenvalue weighted by Gasteiger charge is 2.46. The molecule has 29 heavy (non-hydrogen) atoms. The van der Waals surface area contributed by atoms with E-state index in [9.17, 15) is 15.2 Å². The van der Waals surface area contributed by atoms with Gasteiger partial charge in [0.05, 0.1) is 23.6 Å². The highest BCUT2D eigenvalue weighted by atomic mass is 16.3. The average Bonchev–Trinajstić information content (AvgIpc) is 2.91. The van der Waals surface area contributed by atoms with Crippen LogP contribution in [0.1, 0.15) is 19.4 Å². The molecular formula is C23H28N4O2. The summed E-state index contributed by atoms with van der Waals surface area (Å²) in [5.74, 6) is -0.254. The lowest BCUT2D eigenvalue weighted by Crippen LogP contribution is -2.49. The van der Waals surface area contributed by atoms with Crippen LogP contribution in [0, 0.1) is 17.2 Å². The van der Waals surface area contributed by atoms with Gasteiger partial charge in [-0.05, 0) is 17.7 Å². The molecule has 1 saturated heterocycles. The maximum Gasteiger partial charge on any atom is 0.259 e. The first-order chi connectivity index (χ1) is 13.6. The Labute approximate surface area is 172 Å². The number of benzene rings is 1. The third kappa shape index (κ3) is 3.22. The van der Waals surface area contributed by atoms with Gasteiger partial charge in [0, 0.05) is 32.2 Å². The number of aliphatic hydroxyl groups excluding tert-OH is 1. The molecule has 0 aliphatic carbocycles. The Hall–Kier alpha value is -3.04. The second kappa shape index (κ2) is 7.41. The normalized spacial score (nSPS) is 26.2. The lowest BCUT2D eigenvalue weighted by Gasteiger charge is -2.39. The van der Waals surface area contributed by atoms with Crippen LogP contribution in [0.5, 0.6) is 0 Å². The zero-order valence-electron chi connectivity index (χ0n) is 17.6. The Morgan fingerprint density at radius 3 is 2.52 bits per heavy atom. The minimum Gasteiger partial charge on any atom is -0.369 e. The number of amides is 1. The number of nitriles is 1. The molecule has 152 valence electrons. The summed E-state index contributed by atoms with van der Waals surface area (Å²) in [5, 5.41) is 20.3. The molecule has 2 aliphatic rings. The Morgan fingerprint density at radius 2 is 1.90 bits per heavy atom. The minimum atomic E-state index is -1.06. The molecule has 3 atom stereocenters. The number of fused-ring (bicyclic) bond motifs is 1. The van der Waals surface area contributed by atoms with Crippen LogP contribution < -0.4 is 4.90 Å². The Morgan fingerprint density at radius 1 is 1.24 bits per heavy atom. The summed E-state index contributed by atoms with van der Waals surface area (Å²) < 4.78 is 0. The summed E-state index contributed by atoms with van der Waals surface area (Å²) in [6, 6.07) is 10.6. The van der Waals surface area contributed by atoms with Crippen LogP contribution in [0.15, 0.2) is 60.5 Å². The molecule has 2 aliphatic heterocycles. The molecular weight excluding hydrogens is 364 g/mol. The molecule has 0 bridgehead atoms. The monoisotopic (exact) mass is 392 g/mol. The van der Waals surface area contributed by atoms with Gasteiger partial charge in [-0.25, -0.2) is 0 Å². The van der Waals surface area contributed by atoms with Crippen LogP contribution in [-0.2, 0) is 10.2 Å². The highest BCUT2D eigenvalue weighted by Crippen LogP contribution is 2.46. The minimum absolute atomic E-state index is 0.0448. The van der Waals surface area contributed by atoms with Gasteiger partial charge in [-0.2, -0.15) is 5.26 Å². The molecule has 2 heterocycles. The Bertz CT molecular complexity index is 940. The lowest BCUT2D eigenvalue weighted by atomic mass is 9.75. The van der Waals surface area contributed by atoms with E-state index in [1.54, 1.807) is 26.2 Å². The van der Waals surface area contributed by atoms with Crippen molar-refractivity contribution < 1.29 is 9.90 Å². The zero-order valence-corrected chi connectivity index (χ0v) is 17.6. The van der Waals surface area contributed by atoms with Gasteiger partial charge in [0.1, 0.15) is 5.82 Å². The number of aliphatic hydroxyl groups is 1. The third-order valence-corrected chi connectivity index (χ3v) is 6.21. The van der Waals surface area contributed by atoms with Crippen molar-refractivity contribution in [3.63, 3.8) is 0 Å². The first kappa shape index (κ1) is 20.7. The van der Waals surface area contributed by atoms with E-state index < -0.39 is 6.23 Å². The van der Waals surface area contributed by atoms with Crippen molar-refractivity contribution in [3.8, 4) is 6.07 Å². The number of anilines is 1. The molecule has 3 rings (SSSR count). The molecule has 1 aromatic carbocycles. The van der Waals surface area contributed by atoms with Crippen LogP contribution in [0.3, 0.4) is 0 Å². The smallest absolute Gasteiger partial charge is 0.259 e. The fraction of sp³-hybridized carbons (Fsp3) is 0.391. The van der Waals surface area contributed by atoms with Crippen LogP contribution in [0.4, 0.5) is 5.69 Å². The molecule has 0 radical (unpaired) electrons. The van der Waals surface area contributed by atoms with Gasteiger partial charge in [-0.15, -0.1) is 0 Å². The molecule has 6 heteroatoms.